The van der Waals surface area contributed by atoms with Crippen molar-refractivity contribution in [1.29, 1.82) is 5.26 Å². The van der Waals surface area contributed by atoms with Gasteiger partial charge in [0.1, 0.15) is 23.5 Å². The summed E-state index contributed by atoms with van der Waals surface area (Å²) in [6.07, 6.45) is 8.98. The third-order valence-corrected chi connectivity index (χ3v) is 8.89. The Morgan fingerprint density at radius 1 is 1.02 bits per heavy atom. The van der Waals surface area contributed by atoms with Crippen molar-refractivity contribution in [3.63, 3.8) is 0 Å². The van der Waals surface area contributed by atoms with Gasteiger partial charge in [-0.3, -0.25) is 0 Å². The van der Waals surface area contributed by atoms with Crippen LogP contribution in [0.2, 0.25) is 0 Å². The molecule has 9 heteroatoms. The number of likely N-dealkylation sites (tertiary alicyclic amines) is 1. The van der Waals surface area contributed by atoms with Gasteiger partial charge >= 0.3 is 0 Å². The molecule has 3 fully saturated rings. The number of piperidine rings is 1. The molecule has 7 nitrogen and oxygen atoms in total. The summed E-state index contributed by atoms with van der Waals surface area (Å²) >= 11 is 0. The van der Waals surface area contributed by atoms with E-state index in [0.29, 0.717) is 29.0 Å². The molecule has 3 N–H and O–H groups in total. The molecule has 0 bridgehead atoms. The zero-order chi connectivity index (χ0) is 27.7. The lowest BCUT2D eigenvalue weighted by Crippen LogP contribution is -2.41. The molecule has 4 aliphatic heterocycles. The molecule has 2 aromatic carbocycles. The fraction of sp³-hybridized carbons (Fsp3) is 0.419. The smallest absolute Gasteiger partial charge is 0.148 e. The number of nitrogens with zero attached hydrogens (tertiary/aromatic N) is 5. The number of anilines is 2. The molecule has 0 aromatic heterocycles. The highest BCUT2D eigenvalue weighted by molar-refractivity contribution is 6.12. The molecule has 0 aliphatic carbocycles. The molecule has 208 valence electrons. The van der Waals surface area contributed by atoms with Gasteiger partial charge < -0.3 is 25.8 Å². The topological polar surface area (TPSA) is 83.9 Å². The number of nitriles is 1. The fourth-order valence-electron chi connectivity index (χ4n) is 6.56. The van der Waals surface area contributed by atoms with Crippen molar-refractivity contribution in [1.82, 2.24) is 10.2 Å². The van der Waals surface area contributed by atoms with E-state index in [9.17, 15) is 9.65 Å². The van der Waals surface area contributed by atoms with Gasteiger partial charge in [0, 0.05) is 44.0 Å². The highest BCUT2D eigenvalue weighted by Gasteiger charge is 2.38. The van der Waals surface area contributed by atoms with Gasteiger partial charge in [0.05, 0.1) is 29.2 Å². The summed E-state index contributed by atoms with van der Waals surface area (Å²) in [5, 5.41) is 12.7. The average molecular weight is 544 g/mol. The van der Waals surface area contributed by atoms with E-state index >= 15 is 4.39 Å². The van der Waals surface area contributed by atoms with Crippen LogP contribution in [0.1, 0.15) is 43.2 Å². The molecule has 0 radical (unpaired) electrons. The van der Waals surface area contributed by atoms with Crippen molar-refractivity contribution in [3.05, 3.63) is 82.8 Å². The quantitative estimate of drug-likeness (QED) is 0.579. The summed E-state index contributed by atoms with van der Waals surface area (Å²) < 4.78 is 30.5. The number of aliphatic imine (C=N–C) groups is 1. The van der Waals surface area contributed by atoms with E-state index in [1.807, 2.05) is 18.2 Å². The highest BCUT2D eigenvalue weighted by atomic mass is 19.1. The first-order chi connectivity index (χ1) is 19.5. The summed E-state index contributed by atoms with van der Waals surface area (Å²) in [6.45, 7) is 6.08. The lowest BCUT2D eigenvalue weighted by molar-refractivity contribution is 0.147. The van der Waals surface area contributed by atoms with E-state index in [1.165, 1.54) is 24.8 Å². The number of allylic oxidation sites excluding steroid dienone is 1. The molecule has 0 unspecified atom stereocenters. The zero-order valence-corrected chi connectivity index (χ0v) is 22.7. The predicted molar refractivity (Wildman–Crippen MR) is 154 cm³/mol. The third kappa shape index (κ3) is 4.92. The second-order valence-corrected chi connectivity index (χ2v) is 11.3. The summed E-state index contributed by atoms with van der Waals surface area (Å²) in [5.41, 5.74) is 9.62. The molecule has 1 spiro atoms. The van der Waals surface area contributed by atoms with Crippen molar-refractivity contribution in [3.8, 4) is 6.07 Å². The van der Waals surface area contributed by atoms with Crippen LogP contribution in [-0.4, -0.2) is 56.5 Å². The Balaban J connectivity index is 1.38. The predicted octanol–water partition coefficient (Wildman–Crippen LogP) is 4.46. The largest absolute Gasteiger partial charge is 0.405 e. The highest BCUT2D eigenvalue weighted by Crippen LogP contribution is 2.39. The molecule has 3 saturated heterocycles. The van der Waals surface area contributed by atoms with Crippen LogP contribution < -0.4 is 20.9 Å². The second-order valence-electron chi connectivity index (χ2n) is 11.3. The second kappa shape index (κ2) is 10.9. The first-order valence-corrected chi connectivity index (χ1v) is 14.2. The van der Waals surface area contributed by atoms with Gasteiger partial charge in [0.15, 0.2) is 0 Å². The van der Waals surface area contributed by atoms with Crippen LogP contribution in [-0.2, 0) is 0 Å². The van der Waals surface area contributed by atoms with E-state index in [2.05, 4.69) is 15.1 Å². The summed E-state index contributed by atoms with van der Waals surface area (Å²) in [6, 6.07) is 11.6. The molecule has 4 aliphatic rings. The van der Waals surface area contributed by atoms with E-state index in [-0.39, 0.29) is 11.4 Å². The van der Waals surface area contributed by atoms with E-state index in [1.54, 1.807) is 23.1 Å². The average Bonchev–Trinajstić information content (AvgIpc) is 3.74. The Kier molecular flexibility index (Phi) is 7.20. The minimum atomic E-state index is -0.626. The van der Waals surface area contributed by atoms with Gasteiger partial charge in [-0.2, -0.15) is 5.26 Å². The van der Waals surface area contributed by atoms with Crippen molar-refractivity contribution in [2.24, 2.45) is 16.1 Å². The van der Waals surface area contributed by atoms with Crippen LogP contribution >= 0.6 is 0 Å². The molecule has 4 heterocycles. The number of halogens is 2. The lowest BCUT2D eigenvalue weighted by atomic mass is 9.77. The van der Waals surface area contributed by atoms with E-state index in [4.69, 9.17) is 10.7 Å². The maximum atomic E-state index is 15.7. The molecule has 2 aromatic rings. The Labute approximate surface area is 234 Å². The number of amidine groups is 1. The van der Waals surface area contributed by atoms with Crippen molar-refractivity contribution >= 4 is 17.2 Å². The first kappa shape index (κ1) is 26.3. The summed E-state index contributed by atoms with van der Waals surface area (Å²) in [4.78, 5) is 11.3. The molecular formula is C31H35F2N7. The third-order valence-electron chi connectivity index (χ3n) is 8.89. The van der Waals surface area contributed by atoms with Gasteiger partial charge in [0.25, 0.3) is 0 Å². The molecule has 40 heavy (non-hydrogen) atoms. The molecule has 0 saturated carbocycles. The van der Waals surface area contributed by atoms with Gasteiger partial charge in [-0.1, -0.05) is 0 Å². The molecular weight excluding hydrogens is 508 g/mol. The zero-order valence-electron chi connectivity index (χ0n) is 22.7. The number of hydrogen-bond acceptors (Lipinski definition) is 7. The van der Waals surface area contributed by atoms with Gasteiger partial charge in [0.2, 0.25) is 0 Å². The standard InChI is InChI=1S/C31H35F2N7/c32-25-17-22(3-4-23(25)19-35)30-37-27(29(7-11-34)39-15-9-31(10-16-39)8-12-36-21-31)20-40(30)28-6-5-24(18-26(28)33)38-13-1-2-14-38/h3-7,11,17-18,36H,1-2,8-10,12-16,20-21,34H2/b11-7-,29-27-. The summed E-state index contributed by atoms with van der Waals surface area (Å²) in [7, 11) is 0. The number of hydrogen-bond donors (Lipinski definition) is 2. The van der Waals surface area contributed by atoms with Crippen LogP contribution in [0.4, 0.5) is 20.2 Å². The van der Waals surface area contributed by atoms with Gasteiger partial charge in [-0.15, -0.1) is 0 Å². The number of nitrogens with one attached hydrogen (secondary N) is 1. The molecule has 0 atom stereocenters. The monoisotopic (exact) mass is 543 g/mol. The Hall–Kier alpha value is -3.90. The first-order valence-electron chi connectivity index (χ1n) is 14.2. The van der Waals surface area contributed by atoms with Gasteiger partial charge in [-0.25, -0.2) is 13.8 Å². The van der Waals surface area contributed by atoms with E-state index in [0.717, 1.165) is 82.0 Å². The number of nitrogens with two attached hydrogens (primary N) is 1. The fourth-order valence-corrected chi connectivity index (χ4v) is 6.56. The minimum absolute atomic E-state index is 0.0405. The van der Waals surface area contributed by atoms with Crippen LogP contribution in [0.15, 0.2) is 65.1 Å². The Morgan fingerprint density at radius 3 is 2.48 bits per heavy atom. The van der Waals surface area contributed by atoms with Crippen LogP contribution in [0.25, 0.3) is 0 Å². The van der Waals surface area contributed by atoms with Crippen molar-refractivity contribution in [2.75, 3.05) is 55.6 Å². The molecule has 0 amide bonds. The Morgan fingerprint density at radius 2 is 1.82 bits per heavy atom. The Bertz CT molecular complexity index is 1400. The molecule has 6 rings (SSSR count). The SMILES string of the molecule is N#Cc1ccc(C2=N/C(=C(/C=C\N)N3CCC4(CCNC4)CC3)CN2c2ccc(N3CCCC3)cc2F)cc1F. The van der Waals surface area contributed by atoms with Crippen molar-refractivity contribution in [2.45, 2.75) is 32.1 Å². The maximum Gasteiger partial charge on any atom is 0.148 e. The normalized spacial score (nSPS) is 21.9. The minimum Gasteiger partial charge on any atom is -0.405 e. The van der Waals surface area contributed by atoms with Crippen LogP contribution in [0.5, 0.6) is 0 Å². The maximum absolute atomic E-state index is 15.7. The summed E-state index contributed by atoms with van der Waals surface area (Å²) in [5.74, 6) is -0.529. The van der Waals surface area contributed by atoms with Crippen molar-refractivity contribution < 1.29 is 8.78 Å². The number of rotatable bonds is 5. The number of benzene rings is 2. The lowest BCUT2D eigenvalue weighted by Gasteiger charge is -2.40. The van der Waals surface area contributed by atoms with Crippen LogP contribution in [0, 0.1) is 28.4 Å². The van der Waals surface area contributed by atoms with Gasteiger partial charge in [-0.05, 0) is 92.7 Å². The van der Waals surface area contributed by atoms with E-state index < -0.39 is 5.82 Å². The van der Waals surface area contributed by atoms with Crippen LogP contribution in [0.3, 0.4) is 0 Å².